The molecule has 2 aromatic rings. The lowest BCUT2D eigenvalue weighted by atomic mass is 10.1. The summed E-state index contributed by atoms with van der Waals surface area (Å²) in [6.45, 7) is 2.34. The number of rotatable bonds is 5. The normalized spacial score (nSPS) is 10.0. The van der Waals surface area contributed by atoms with Crippen LogP contribution in [0, 0.1) is 6.92 Å². The first-order chi connectivity index (χ1) is 10.2. The van der Waals surface area contributed by atoms with Crippen molar-refractivity contribution >= 4 is 5.91 Å². The lowest BCUT2D eigenvalue weighted by molar-refractivity contribution is 0.0950. The average molecular weight is 285 g/mol. The molecule has 0 bridgehead atoms. The highest BCUT2D eigenvalue weighted by molar-refractivity contribution is 5.94. The Morgan fingerprint density at radius 1 is 1.05 bits per heavy atom. The highest BCUT2D eigenvalue weighted by atomic mass is 16.5. The van der Waals surface area contributed by atoms with Crippen LogP contribution in [0.4, 0.5) is 0 Å². The quantitative estimate of drug-likeness (QED) is 0.918. The zero-order valence-corrected chi connectivity index (χ0v) is 12.5. The van der Waals surface area contributed by atoms with Crippen LogP contribution < -0.4 is 14.8 Å². The molecule has 4 nitrogen and oxygen atoms in total. The van der Waals surface area contributed by atoms with Crippen molar-refractivity contribution in [3.8, 4) is 11.5 Å². The van der Waals surface area contributed by atoms with Crippen molar-refractivity contribution in [2.45, 2.75) is 13.5 Å². The third kappa shape index (κ3) is 3.34. The molecule has 0 aliphatic heterocycles. The fraction of sp³-hybridized carbons (Fsp3) is 0.235. The van der Waals surface area contributed by atoms with Gasteiger partial charge in [0, 0.05) is 23.2 Å². The molecule has 1 amide bonds. The second-order valence-corrected chi connectivity index (χ2v) is 4.63. The van der Waals surface area contributed by atoms with Crippen LogP contribution in [0.5, 0.6) is 11.5 Å². The summed E-state index contributed by atoms with van der Waals surface area (Å²) >= 11 is 0. The van der Waals surface area contributed by atoms with E-state index in [1.807, 2.05) is 37.3 Å². The average Bonchev–Trinajstić information content (AvgIpc) is 2.53. The minimum Gasteiger partial charge on any atom is -0.496 e. The van der Waals surface area contributed by atoms with Crippen molar-refractivity contribution in [3.05, 3.63) is 59.2 Å². The van der Waals surface area contributed by atoms with Gasteiger partial charge in [-0.3, -0.25) is 4.79 Å². The molecule has 0 atom stereocenters. The molecule has 2 rings (SSSR count). The Morgan fingerprint density at radius 2 is 1.76 bits per heavy atom. The van der Waals surface area contributed by atoms with Crippen molar-refractivity contribution in [1.82, 2.24) is 5.32 Å². The second-order valence-electron chi connectivity index (χ2n) is 4.63. The van der Waals surface area contributed by atoms with E-state index in [2.05, 4.69) is 5.32 Å². The van der Waals surface area contributed by atoms with Gasteiger partial charge < -0.3 is 14.8 Å². The summed E-state index contributed by atoms with van der Waals surface area (Å²) in [5, 5.41) is 2.89. The number of hydrogen-bond acceptors (Lipinski definition) is 3. The summed E-state index contributed by atoms with van der Waals surface area (Å²) in [6, 6.07) is 12.9. The smallest absolute Gasteiger partial charge is 0.251 e. The Balaban J connectivity index is 2.13. The molecule has 0 spiro atoms. The highest BCUT2D eigenvalue weighted by Crippen LogP contribution is 2.31. The van der Waals surface area contributed by atoms with Gasteiger partial charge in [-0.15, -0.1) is 0 Å². The maximum absolute atomic E-state index is 12.0. The van der Waals surface area contributed by atoms with Crippen LogP contribution in [0.3, 0.4) is 0 Å². The molecule has 4 heteroatoms. The largest absolute Gasteiger partial charge is 0.496 e. The van der Waals surface area contributed by atoms with Crippen LogP contribution in [0.15, 0.2) is 42.5 Å². The van der Waals surface area contributed by atoms with Gasteiger partial charge in [-0.05, 0) is 31.2 Å². The van der Waals surface area contributed by atoms with E-state index in [0.29, 0.717) is 12.1 Å². The van der Waals surface area contributed by atoms with Crippen molar-refractivity contribution < 1.29 is 14.3 Å². The highest BCUT2D eigenvalue weighted by Gasteiger charge is 2.12. The van der Waals surface area contributed by atoms with E-state index in [9.17, 15) is 4.79 Å². The first-order valence-corrected chi connectivity index (χ1v) is 6.71. The van der Waals surface area contributed by atoms with Crippen molar-refractivity contribution in [1.29, 1.82) is 0 Å². The molecule has 0 aromatic heterocycles. The number of methoxy groups -OCH3 is 2. The van der Waals surface area contributed by atoms with Gasteiger partial charge >= 0.3 is 0 Å². The minimum absolute atomic E-state index is 0.105. The zero-order chi connectivity index (χ0) is 15.2. The van der Waals surface area contributed by atoms with Gasteiger partial charge in [0.1, 0.15) is 11.5 Å². The lowest BCUT2D eigenvalue weighted by Gasteiger charge is -2.15. The first kappa shape index (κ1) is 14.9. The van der Waals surface area contributed by atoms with Gasteiger partial charge in [-0.1, -0.05) is 18.2 Å². The van der Waals surface area contributed by atoms with Crippen molar-refractivity contribution in [2.24, 2.45) is 0 Å². The maximum atomic E-state index is 12.0. The molecule has 2 aromatic carbocycles. The summed E-state index contributed by atoms with van der Waals surface area (Å²) in [5.41, 5.74) is 2.48. The van der Waals surface area contributed by atoms with Crippen LogP contribution in [-0.2, 0) is 6.54 Å². The Labute approximate surface area is 124 Å². The molecule has 0 saturated heterocycles. The Morgan fingerprint density at radius 3 is 2.38 bits per heavy atom. The van der Waals surface area contributed by atoms with Gasteiger partial charge in [0.2, 0.25) is 0 Å². The predicted molar refractivity (Wildman–Crippen MR) is 81.9 cm³/mol. The van der Waals surface area contributed by atoms with E-state index in [1.54, 1.807) is 26.4 Å². The minimum atomic E-state index is -0.105. The molecular weight excluding hydrogens is 266 g/mol. The summed E-state index contributed by atoms with van der Waals surface area (Å²) < 4.78 is 10.7. The second kappa shape index (κ2) is 6.79. The van der Waals surface area contributed by atoms with Crippen LogP contribution >= 0.6 is 0 Å². The third-order valence-electron chi connectivity index (χ3n) is 3.34. The van der Waals surface area contributed by atoms with Crippen LogP contribution in [0.2, 0.25) is 0 Å². The lowest BCUT2D eigenvalue weighted by Crippen LogP contribution is -2.23. The predicted octanol–water partition coefficient (Wildman–Crippen LogP) is 2.94. The molecule has 0 radical (unpaired) electrons. The number of benzene rings is 2. The van der Waals surface area contributed by atoms with Gasteiger partial charge in [0.25, 0.3) is 5.91 Å². The molecule has 0 heterocycles. The van der Waals surface area contributed by atoms with Crippen LogP contribution in [0.1, 0.15) is 21.5 Å². The number of carbonyl (C=O) groups excluding carboxylic acids is 1. The summed E-state index contributed by atoms with van der Waals surface area (Å²) in [6.07, 6.45) is 0. The molecule has 110 valence electrons. The summed E-state index contributed by atoms with van der Waals surface area (Å²) in [7, 11) is 3.24. The van der Waals surface area contributed by atoms with Crippen LogP contribution in [-0.4, -0.2) is 20.1 Å². The molecule has 0 saturated carbocycles. The monoisotopic (exact) mass is 285 g/mol. The van der Waals surface area contributed by atoms with Gasteiger partial charge in [-0.25, -0.2) is 0 Å². The van der Waals surface area contributed by atoms with E-state index >= 15 is 0 Å². The molecule has 0 aliphatic carbocycles. The maximum Gasteiger partial charge on any atom is 0.251 e. The number of amides is 1. The number of carbonyl (C=O) groups is 1. The molecule has 1 N–H and O–H groups in total. The molecule has 0 aliphatic rings. The first-order valence-electron chi connectivity index (χ1n) is 6.71. The zero-order valence-electron chi connectivity index (χ0n) is 12.5. The standard InChI is InChI=1S/C17H19NO3/c1-12-15(20-2)10-9-14(16(12)21-3)11-18-17(19)13-7-5-4-6-8-13/h4-10H,11H2,1-3H3,(H,18,19). The Hall–Kier alpha value is -2.49. The van der Waals surface area contributed by atoms with Gasteiger partial charge in [-0.2, -0.15) is 0 Å². The van der Waals surface area contributed by atoms with E-state index in [-0.39, 0.29) is 5.91 Å². The van der Waals surface area contributed by atoms with Gasteiger partial charge in [0.05, 0.1) is 14.2 Å². The van der Waals surface area contributed by atoms with E-state index in [4.69, 9.17) is 9.47 Å². The number of nitrogens with one attached hydrogen (secondary N) is 1. The molecular formula is C17H19NO3. The van der Waals surface area contributed by atoms with Gasteiger partial charge in [0.15, 0.2) is 0 Å². The fourth-order valence-electron chi connectivity index (χ4n) is 2.24. The number of ether oxygens (including phenoxy) is 2. The van der Waals surface area contributed by atoms with Crippen molar-refractivity contribution in [3.63, 3.8) is 0 Å². The van der Waals surface area contributed by atoms with Crippen molar-refractivity contribution in [2.75, 3.05) is 14.2 Å². The fourth-order valence-corrected chi connectivity index (χ4v) is 2.24. The SMILES string of the molecule is COc1ccc(CNC(=O)c2ccccc2)c(OC)c1C. The van der Waals surface area contributed by atoms with Crippen LogP contribution in [0.25, 0.3) is 0 Å². The van der Waals surface area contributed by atoms with E-state index in [0.717, 1.165) is 22.6 Å². The summed E-state index contributed by atoms with van der Waals surface area (Å²) in [4.78, 5) is 12.0. The topological polar surface area (TPSA) is 47.6 Å². The van der Waals surface area contributed by atoms with E-state index in [1.165, 1.54) is 0 Å². The van der Waals surface area contributed by atoms with E-state index < -0.39 is 0 Å². The molecule has 0 unspecified atom stereocenters. The molecule has 21 heavy (non-hydrogen) atoms. The third-order valence-corrected chi connectivity index (χ3v) is 3.34. The summed E-state index contributed by atoms with van der Waals surface area (Å²) in [5.74, 6) is 1.40. The number of hydrogen-bond donors (Lipinski definition) is 1. The molecule has 0 fully saturated rings. The Bertz CT molecular complexity index is 623. The Kier molecular flexibility index (Phi) is 4.82.